The molecule has 1 aromatic rings. The van der Waals surface area contributed by atoms with Gasteiger partial charge in [0.25, 0.3) is 5.92 Å². The van der Waals surface area contributed by atoms with E-state index in [9.17, 15) is 35.8 Å². The van der Waals surface area contributed by atoms with Gasteiger partial charge in [-0.05, 0) is 6.42 Å². The van der Waals surface area contributed by atoms with Gasteiger partial charge in [-0.1, -0.05) is 0 Å². The average Bonchev–Trinajstić information content (AvgIpc) is 2.93. The van der Waals surface area contributed by atoms with Crippen molar-refractivity contribution in [2.45, 2.75) is 55.9 Å². The van der Waals surface area contributed by atoms with Crippen LogP contribution >= 0.6 is 0 Å². The zero-order valence-corrected chi connectivity index (χ0v) is 11.0. The number of hydrogen-bond acceptors (Lipinski definition) is 2. The van der Waals surface area contributed by atoms with Gasteiger partial charge in [-0.25, -0.2) is 17.6 Å². The lowest BCUT2D eigenvalue weighted by Crippen LogP contribution is -2.25. The molecule has 1 aromatic heterocycles. The van der Waals surface area contributed by atoms with Gasteiger partial charge in [-0.3, -0.25) is 4.68 Å². The normalized spacial score (nSPS) is 29.8. The Balaban J connectivity index is 2.09. The summed E-state index contributed by atoms with van der Waals surface area (Å²) in [7, 11) is 0. The van der Waals surface area contributed by atoms with Crippen molar-refractivity contribution in [3.63, 3.8) is 0 Å². The molecule has 0 radical (unpaired) electrons. The first-order valence-electron chi connectivity index (χ1n) is 6.54. The molecule has 2 atom stereocenters. The summed E-state index contributed by atoms with van der Waals surface area (Å²) in [5.74, 6) is -6.82. The van der Waals surface area contributed by atoms with Gasteiger partial charge >= 0.3 is 6.18 Å². The van der Waals surface area contributed by atoms with Gasteiger partial charge < -0.3 is 5.11 Å². The maximum atomic E-state index is 13.5. The second kappa shape index (κ2) is 4.36. The molecule has 3 nitrogen and oxygen atoms in total. The zero-order chi connectivity index (χ0) is 16.5. The second-order valence-corrected chi connectivity index (χ2v) is 5.74. The summed E-state index contributed by atoms with van der Waals surface area (Å²) in [6, 6.07) is -1.08. The fraction of sp³-hybridized carbons (Fsp3) is 0.750. The Morgan fingerprint density at radius 1 is 1.18 bits per heavy atom. The molecule has 124 valence electrons. The number of alkyl halides is 7. The summed E-state index contributed by atoms with van der Waals surface area (Å²) in [5, 5.41) is 12.7. The van der Waals surface area contributed by atoms with Gasteiger partial charge in [0.05, 0.1) is 18.2 Å². The van der Waals surface area contributed by atoms with Crippen LogP contribution in [-0.4, -0.2) is 26.7 Å². The van der Waals surface area contributed by atoms with Crippen molar-refractivity contribution < 1.29 is 35.8 Å². The van der Waals surface area contributed by atoms with E-state index < -0.39 is 66.4 Å². The van der Waals surface area contributed by atoms with Crippen molar-refractivity contribution in [3.05, 3.63) is 17.0 Å². The third-order valence-electron chi connectivity index (χ3n) is 4.12. The molecular formula is C12H11F7N2O. The molecule has 1 heterocycles. The molecule has 3 rings (SSSR count). The van der Waals surface area contributed by atoms with Crippen molar-refractivity contribution in [2.24, 2.45) is 0 Å². The van der Waals surface area contributed by atoms with E-state index in [0.29, 0.717) is 4.68 Å². The molecule has 1 unspecified atom stereocenters. The molecule has 0 saturated heterocycles. The Bertz CT molecular complexity index is 607. The first kappa shape index (κ1) is 15.6. The summed E-state index contributed by atoms with van der Waals surface area (Å²) >= 11 is 0. The van der Waals surface area contributed by atoms with Crippen molar-refractivity contribution in [1.82, 2.24) is 9.78 Å². The molecule has 2 aliphatic rings. The average molecular weight is 332 g/mol. The summed E-state index contributed by atoms with van der Waals surface area (Å²) in [6.45, 7) is 0. The van der Waals surface area contributed by atoms with E-state index in [-0.39, 0.29) is 6.42 Å². The Labute approximate surface area is 119 Å². The minimum Gasteiger partial charge on any atom is -0.382 e. The van der Waals surface area contributed by atoms with E-state index in [1.807, 2.05) is 0 Å². The second-order valence-electron chi connectivity index (χ2n) is 5.74. The van der Waals surface area contributed by atoms with E-state index in [0.717, 1.165) is 0 Å². The molecule has 10 heteroatoms. The highest BCUT2D eigenvalue weighted by Crippen LogP contribution is 2.50. The highest BCUT2D eigenvalue weighted by atomic mass is 19.4. The topological polar surface area (TPSA) is 38.1 Å². The number of rotatable bonds is 1. The lowest BCUT2D eigenvalue weighted by atomic mass is 10.1. The van der Waals surface area contributed by atoms with Crippen LogP contribution in [0.5, 0.6) is 0 Å². The fourth-order valence-electron chi connectivity index (χ4n) is 3.12. The molecule has 22 heavy (non-hydrogen) atoms. The van der Waals surface area contributed by atoms with Crippen LogP contribution in [0.2, 0.25) is 0 Å². The lowest BCUT2D eigenvalue weighted by molar-refractivity contribution is -0.146. The van der Waals surface area contributed by atoms with Crippen molar-refractivity contribution in [3.8, 4) is 0 Å². The molecular weight excluding hydrogens is 321 g/mol. The number of halogens is 7. The number of fused-ring (bicyclic) bond motifs is 1. The highest BCUT2D eigenvalue weighted by Gasteiger charge is 2.55. The molecule has 0 bridgehead atoms. The van der Waals surface area contributed by atoms with Crippen LogP contribution in [0.15, 0.2) is 0 Å². The van der Waals surface area contributed by atoms with E-state index >= 15 is 0 Å². The smallest absolute Gasteiger partial charge is 0.382 e. The SMILES string of the molecule is O[C@H]1c2c(C(F)(F)F)nn(C3CCC(F)(F)C3)c2CC1(F)F. The van der Waals surface area contributed by atoms with Gasteiger partial charge in [0.15, 0.2) is 5.69 Å². The predicted octanol–water partition coefficient (Wildman–Crippen LogP) is 3.49. The molecule has 1 N–H and O–H groups in total. The van der Waals surface area contributed by atoms with Crippen LogP contribution in [-0.2, 0) is 12.6 Å². The van der Waals surface area contributed by atoms with Crippen molar-refractivity contribution in [2.75, 3.05) is 0 Å². The summed E-state index contributed by atoms with van der Waals surface area (Å²) in [5.41, 5.74) is -3.12. The van der Waals surface area contributed by atoms with E-state index in [1.54, 1.807) is 0 Å². The van der Waals surface area contributed by atoms with Crippen LogP contribution in [0.3, 0.4) is 0 Å². The largest absolute Gasteiger partial charge is 0.435 e. The predicted molar refractivity (Wildman–Crippen MR) is 58.7 cm³/mol. The Kier molecular flexibility index (Phi) is 3.09. The molecule has 0 aromatic carbocycles. The monoisotopic (exact) mass is 332 g/mol. The van der Waals surface area contributed by atoms with Crippen LogP contribution in [0.1, 0.15) is 48.4 Å². The summed E-state index contributed by atoms with van der Waals surface area (Å²) < 4.78 is 93.0. The molecule has 0 amide bonds. The number of aromatic nitrogens is 2. The van der Waals surface area contributed by atoms with E-state index in [4.69, 9.17) is 0 Å². The molecule has 0 spiro atoms. The van der Waals surface area contributed by atoms with Gasteiger partial charge in [-0.15, -0.1) is 0 Å². The number of aliphatic hydroxyl groups is 1. The van der Waals surface area contributed by atoms with Crippen molar-refractivity contribution in [1.29, 1.82) is 0 Å². The van der Waals surface area contributed by atoms with E-state index in [1.165, 1.54) is 0 Å². The first-order chi connectivity index (χ1) is 9.92. The van der Waals surface area contributed by atoms with Crippen LogP contribution in [0.4, 0.5) is 30.7 Å². The number of hydrogen-bond donors (Lipinski definition) is 1. The summed E-state index contributed by atoms with van der Waals surface area (Å²) in [4.78, 5) is 0. The molecule has 2 aliphatic carbocycles. The third kappa shape index (κ3) is 2.27. The van der Waals surface area contributed by atoms with Crippen molar-refractivity contribution >= 4 is 0 Å². The van der Waals surface area contributed by atoms with Gasteiger partial charge in [0.2, 0.25) is 5.92 Å². The Morgan fingerprint density at radius 3 is 2.32 bits per heavy atom. The van der Waals surface area contributed by atoms with Gasteiger partial charge in [-0.2, -0.15) is 18.3 Å². The minimum atomic E-state index is -5.04. The lowest BCUT2D eigenvalue weighted by Gasteiger charge is -2.17. The maximum Gasteiger partial charge on any atom is 0.435 e. The molecule has 1 saturated carbocycles. The van der Waals surface area contributed by atoms with Crippen LogP contribution < -0.4 is 0 Å². The minimum absolute atomic E-state index is 0.153. The molecule has 1 fully saturated rings. The third-order valence-corrected chi connectivity index (χ3v) is 4.12. The first-order valence-corrected chi connectivity index (χ1v) is 6.54. The van der Waals surface area contributed by atoms with Gasteiger partial charge in [0.1, 0.15) is 6.10 Å². The van der Waals surface area contributed by atoms with Gasteiger partial charge in [0, 0.05) is 18.4 Å². The summed E-state index contributed by atoms with van der Waals surface area (Å²) in [6.07, 6.45) is -10.3. The quantitative estimate of drug-likeness (QED) is 0.800. The maximum absolute atomic E-state index is 13.5. The van der Waals surface area contributed by atoms with Crippen LogP contribution in [0.25, 0.3) is 0 Å². The Hall–Kier alpha value is -1.32. The molecule has 0 aliphatic heterocycles. The fourth-order valence-corrected chi connectivity index (χ4v) is 3.12. The Morgan fingerprint density at radius 2 is 1.82 bits per heavy atom. The van der Waals surface area contributed by atoms with E-state index in [2.05, 4.69) is 5.10 Å². The number of aliphatic hydroxyl groups excluding tert-OH is 1. The zero-order valence-electron chi connectivity index (χ0n) is 11.0. The standard InChI is InChI=1S/C12H11F7N2O/c13-10(14)2-1-5(3-10)21-6-4-11(15,16)9(22)7(6)8(20-21)12(17,18)19/h5,9,22H,1-4H2/t5?,9-/m0/s1. The van der Waals surface area contributed by atoms with Crippen LogP contribution in [0, 0.1) is 0 Å². The highest BCUT2D eigenvalue weighted by molar-refractivity contribution is 5.38. The number of nitrogens with zero attached hydrogens (tertiary/aromatic N) is 2.